The van der Waals surface area contributed by atoms with Crippen LogP contribution in [0.3, 0.4) is 0 Å². The summed E-state index contributed by atoms with van der Waals surface area (Å²) in [5.41, 5.74) is 3.66. The Hall–Kier alpha value is -0.630. The molecule has 1 unspecified atom stereocenters. The van der Waals surface area contributed by atoms with Crippen LogP contribution in [0.25, 0.3) is 0 Å². The SMILES string of the molecule is CC1CCCc2ccc(C(=O)CBr)cc21. The zero-order valence-corrected chi connectivity index (χ0v) is 10.5. The maximum absolute atomic E-state index is 11.6. The Balaban J connectivity index is 2.39. The minimum atomic E-state index is 0.176. The number of carbonyl (C=O) groups is 1. The molecule has 1 aromatic rings. The largest absolute Gasteiger partial charge is 0.293 e. The fourth-order valence-electron chi connectivity index (χ4n) is 2.29. The average molecular weight is 267 g/mol. The number of aryl methyl sites for hydroxylation is 1. The van der Waals surface area contributed by atoms with Crippen LogP contribution >= 0.6 is 15.9 Å². The van der Waals surface area contributed by atoms with Crippen molar-refractivity contribution < 1.29 is 4.79 Å². The van der Waals surface area contributed by atoms with Gasteiger partial charge in [0.1, 0.15) is 0 Å². The lowest BCUT2D eigenvalue weighted by Crippen LogP contribution is -2.09. The van der Waals surface area contributed by atoms with E-state index in [1.54, 1.807) is 0 Å². The van der Waals surface area contributed by atoms with Gasteiger partial charge in [0.05, 0.1) is 5.33 Å². The summed E-state index contributed by atoms with van der Waals surface area (Å²) in [4.78, 5) is 11.6. The van der Waals surface area contributed by atoms with E-state index in [4.69, 9.17) is 0 Å². The molecule has 1 atom stereocenters. The molecular formula is C13H15BrO. The van der Waals surface area contributed by atoms with E-state index in [1.165, 1.54) is 30.4 Å². The van der Waals surface area contributed by atoms with Gasteiger partial charge in [0.2, 0.25) is 0 Å². The van der Waals surface area contributed by atoms with Crippen molar-refractivity contribution in [1.82, 2.24) is 0 Å². The number of rotatable bonds is 2. The summed E-state index contributed by atoms with van der Waals surface area (Å²) in [6.45, 7) is 2.25. The molecule has 80 valence electrons. The average Bonchev–Trinajstić information content (AvgIpc) is 2.28. The summed E-state index contributed by atoms with van der Waals surface area (Å²) in [7, 11) is 0. The van der Waals surface area contributed by atoms with Gasteiger partial charge in [-0.3, -0.25) is 4.79 Å². The first-order valence-electron chi connectivity index (χ1n) is 5.44. The first-order valence-corrected chi connectivity index (χ1v) is 6.56. The molecule has 1 nitrogen and oxygen atoms in total. The smallest absolute Gasteiger partial charge is 0.173 e. The number of benzene rings is 1. The molecule has 1 aliphatic rings. The molecule has 0 spiro atoms. The molecule has 0 N–H and O–H groups in total. The summed E-state index contributed by atoms with van der Waals surface area (Å²) < 4.78 is 0. The third kappa shape index (κ3) is 2.15. The van der Waals surface area contributed by atoms with E-state index in [9.17, 15) is 4.79 Å². The van der Waals surface area contributed by atoms with Crippen LogP contribution in [0.15, 0.2) is 18.2 Å². The number of alkyl halides is 1. The number of hydrogen-bond acceptors (Lipinski definition) is 1. The standard InChI is InChI=1S/C13H15BrO/c1-9-3-2-4-10-5-6-11(7-12(9)10)13(15)8-14/h5-7,9H,2-4,8H2,1H3. The van der Waals surface area contributed by atoms with Crippen LogP contribution in [0.5, 0.6) is 0 Å². The third-order valence-corrected chi connectivity index (χ3v) is 3.71. The van der Waals surface area contributed by atoms with Crippen LogP contribution in [0.2, 0.25) is 0 Å². The van der Waals surface area contributed by atoms with Crippen molar-refractivity contribution in [2.24, 2.45) is 0 Å². The third-order valence-electron chi connectivity index (χ3n) is 3.20. The van der Waals surface area contributed by atoms with E-state index in [0.717, 1.165) is 5.56 Å². The number of halogens is 1. The number of Topliss-reactive ketones (excluding diaryl/α,β-unsaturated/α-hetero) is 1. The molecule has 2 rings (SSSR count). The lowest BCUT2D eigenvalue weighted by atomic mass is 9.83. The van der Waals surface area contributed by atoms with Crippen LogP contribution in [0.1, 0.15) is 47.2 Å². The molecule has 0 saturated carbocycles. The zero-order valence-electron chi connectivity index (χ0n) is 8.92. The maximum atomic E-state index is 11.6. The monoisotopic (exact) mass is 266 g/mol. The second-order valence-corrected chi connectivity index (χ2v) is 4.82. The summed E-state index contributed by atoms with van der Waals surface area (Å²) >= 11 is 3.21. The van der Waals surface area contributed by atoms with Crippen molar-refractivity contribution in [2.45, 2.75) is 32.1 Å². The fraction of sp³-hybridized carbons (Fsp3) is 0.462. The molecule has 0 heterocycles. The predicted octanol–water partition coefficient (Wildman–Crippen LogP) is 3.70. The highest BCUT2D eigenvalue weighted by molar-refractivity contribution is 9.09. The molecule has 0 saturated heterocycles. The second kappa shape index (κ2) is 4.48. The molecular weight excluding hydrogens is 252 g/mol. The number of hydrogen-bond donors (Lipinski definition) is 0. The molecule has 0 aromatic heterocycles. The highest BCUT2D eigenvalue weighted by Crippen LogP contribution is 2.31. The molecule has 0 fully saturated rings. The van der Waals surface area contributed by atoms with Crippen LogP contribution in [0.4, 0.5) is 0 Å². The molecule has 0 bridgehead atoms. The van der Waals surface area contributed by atoms with Crippen molar-refractivity contribution in [1.29, 1.82) is 0 Å². The number of ketones is 1. The van der Waals surface area contributed by atoms with Gasteiger partial charge in [-0.05, 0) is 42.4 Å². The van der Waals surface area contributed by atoms with Gasteiger partial charge < -0.3 is 0 Å². The Labute approximate surface area is 99.0 Å². The van der Waals surface area contributed by atoms with Crippen molar-refractivity contribution in [3.8, 4) is 0 Å². The van der Waals surface area contributed by atoms with Gasteiger partial charge in [0, 0.05) is 5.56 Å². The number of carbonyl (C=O) groups excluding carboxylic acids is 1. The highest BCUT2D eigenvalue weighted by Gasteiger charge is 2.17. The normalized spacial score (nSPS) is 19.7. The summed E-state index contributed by atoms with van der Waals surface area (Å²) in [5.74, 6) is 0.785. The van der Waals surface area contributed by atoms with Crippen LogP contribution in [-0.2, 0) is 6.42 Å². The van der Waals surface area contributed by atoms with Crippen LogP contribution in [-0.4, -0.2) is 11.1 Å². The highest BCUT2D eigenvalue weighted by atomic mass is 79.9. The van der Waals surface area contributed by atoms with Crippen molar-refractivity contribution >= 4 is 21.7 Å². The van der Waals surface area contributed by atoms with E-state index in [0.29, 0.717) is 11.2 Å². The Morgan fingerprint density at radius 3 is 3.07 bits per heavy atom. The molecule has 2 heteroatoms. The first kappa shape index (κ1) is 10.9. The van der Waals surface area contributed by atoms with Gasteiger partial charge in [-0.15, -0.1) is 0 Å². The van der Waals surface area contributed by atoms with Gasteiger partial charge in [-0.1, -0.05) is 35.0 Å². The second-order valence-electron chi connectivity index (χ2n) is 4.26. The fourth-order valence-corrected chi connectivity index (χ4v) is 2.61. The minimum Gasteiger partial charge on any atom is -0.293 e. The van der Waals surface area contributed by atoms with Gasteiger partial charge in [0.25, 0.3) is 0 Å². The Morgan fingerprint density at radius 1 is 1.53 bits per heavy atom. The van der Waals surface area contributed by atoms with E-state index >= 15 is 0 Å². The van der Waals surface area contributed by atoms with E-state index in [1.807, 2.05) is 6.07 Å². The maximum Gasteiger partial charge on any atom is 0.173 e. The summed E-state index contributed by atoms with van der Waals surface area (Å²) in [5, 5.41) is 0.417. The first-order chi connectivity index (χ1) is 7.22. The molecule has 1 aliphatic carbocycles. The number of fused-ring (bicyclic) bond motifs is 1. The van der Waals surface area contributed by atoms with Crippen molar-refractivity contribution in [2.75, 3.05) is 5.33 Å². The summed E-state index contributed by atoms with van der Waals surface area (Å²) in [6, 6.07) is 6.17. The van der Waals surface area contributed by atoms with Crippen molar-refractivity contribution in [3.63, 3.8) is 0 Å². The topological polar surface area (TPSA) is 17.1 Å². The zero-order chi connectivity index (χ0) is 10.8. The molecule has 15 heavy (non-hydrogen) atoms. The van der Waals surface area contributed by atoms with Gasteiger partial charge in [-0.2, -0.15) is 0 Å². The van der Waals surface area contributed by atoms with Crippen molar-refractivity contribution in [3.05, 3.63) is 34.9 Å². The van der Waals surface area contributed by atoms with E-state index in [-0.39, 0.29) is 5.78 Å². The Kier molecular flexibility index (Phi) is 3.25. The molecule has 0 aliphatic heterocycles. The van der Waals surface area contributed by atoms with E-state index in [2.05, 4.69) is 35.0 Å². The lowest BCUT2D eigenvalue weighted by Gasteiger charge is -2.22. The van der Waals surface area contributed by atoms with Gasteiger partial charge in [0.15, 0.2) is 5.78 Å². The quantitative estimate of drug-likeness (QED) is 0.589. The molecule has 0 amide bonds. The minimum absolute atomic E-state index is 0.176. The predicted molar refractivity (Wildman–Crippen MR) is 65.9 cm³/mol. The van der Waals surface area contributed by atoms with Crippen LogP contribution in [0, 0.1) is 0 Å². The summed E-state index contributed by atoms with van der Waals surface area (Å²) in [6.07, 6.45) is 3.70. The Morgan fingerprint density at radius 2 is 2.33 bits per heavy atom. The lowest BCUT2D eigenvalue weighted by molar-refractivity contribution is 0.102. The van der Waals surface area contributed by atoms with Gasteiger partial charge >= 0.3 is 0 Å². The van der Waals surface area contributed by atoms with Crippen LogP contribution < -0.4 is 0 Å². The van der Waals surface area contributed by atoms with E-state index < -0.39 is 0 Å². The van der Waals surface area contributed by atoms with Gasteiger partial charge in [-0.25, -0.2) is 0 Å². The Bertz CT molecular complexity index is 384. The molecule has 1 aromatic carbocycles. The molecule has 0 radical (unpaired) electrons.